The second-order valence-corrected chi connectivity index (χ2v) is 3.96. The lowest BCUT2D eigenvalue weighted by Gasteiger charge is -2.08. The lowest BCUT2D eigenvalue weighted by Crippen LogP contribution is -2.08. The number of carbonyl (C=O) groups is 1. The zero-order valence-electron chi connectivity index (χ0n) is 8.58. The SMILES string of the molecule is CC(=O)Nc1cccc(C2(C#N)CC2)c1. The van der Waals surface area contributed by atoms with E-state index in [4.69, 9.17) is 5.26 Å². The fraction of sp³-hybridized carbons (Fsp3) is 0.333. The maximum absolute atomic E-state index is 10.9. The van der Waals surface area contributed by atoms with Crippen LogP contribution in [-0.2, 0) is 10.2 Å². The normalized spacial score (nSPS) is 16.5. The van der Waals surface area contributed by atoms with Gasteiger partial charge < -0.3 is 5.32 Å². The van der Waals surface area contributed by atoms with Crippen molar-refractivity contribution in [2.75, 3.05) is 5.32 Å². The molecule has 2 rings (SSSR count). The van der Waals surface area contributed by atoms with E-state index in [1.807, 2.05) is 24.3 Å². The average Bonchev–Trinajstić information content (AvgIpc) is 2.97. The van der Waals surface area contributed by atoms with Crippen molar-refractivity contribution in [1.29, 1.82) is 5.26 Å². The fourth-order valence-electron chi connectivity index (χ4n) is 1.69. The Labute approximate surface area is 88.7 Å². The van der Waals surface area contributed by atoms with Crippen LogP contribution < -0.4 is 5.32 Å². The zero-order chi connectivity index (χ0) is 10.9. The van der Waals surface area contributed by atoms with Gasteiger partial charge in [-0.15, -0.1) is 0 Å². The van der Waals surface area contributed by atoms with Crippen molar-refractivity contribution in [1.82, 2.24) is 0 Å². The van der Waals surface area contributed by atoms with Gasteiger partial charge in [0.05, 0.1) is 11.5 Å². The fourth-order valence-corrected chi connectivity index (χ4v) is 1.69. The highest BCUT2D eigenvalue weighted by atomic mass is 16.1. The first-order valence-electron chi connectivity index (χ1n) is 4.96. The van der Waals surface area contributed by atoms with Crippen LogP contribution in [-0.4, -0.2) is 5.91 Å². The van der Waals surface area contributed by atoms with Crippen molar-refractivity contribution in [3.05, 3.63) is 29.8 Å². The molecule has 0 radical (unpaired) electrons. The Balaban J connectivity index is 2.28. The van der Waals surface area contributed by atoms with Crippen LogP contribution in [0.25, 0.3) is 0 Å². The van der Waals surface area contributed by atoms with Crippen LogP contribution in [0.1, 0.15) is 25.3 Å². The molecule has 3 nitrogen and oxygen atoms in total. The van der Waals surface area contributed by atoms with E-state index >= 15 is 0 Å². The van der Waals surface area contributed by atoms with Gasteiger partial charge in [-0.25, -0.2) is 0 Å². The summed E-state index contributed by atoms with van der Waals surface area (Å²) in [6, 6.07) is 9.87. The highest BCUT2D eigenvalue weighted by Gasteiger charge is 2.44. The molecule has 1 aliphatic rings. The number of nitriles is 1. The summed E-state index contributed by atoms with van der Waals surface area (Å²) >= 11 is 0. The summed E-state index contributed by atoms with van der Waals surface area (Å²) in [5.41, 5.74) is 1.49. The van der Waals surface area contributed by atoms with Gasteiger partial charge in [-0.3, -0.25) is 4.79 Å². The Morgan fingerprint density at radius 2 is 2.27 bits per heavy atom. The number of rotatable bonds is 2. The van der Waals surface area contributed by atoms with Crippen LogP contribution in [0.2, 0.25) is 0 Å². The predicted octanol–water partition coefficient (Wildman–Crippen LogP) is 2.20. The van der Waals surface area contributed by atoms with Gasteiger partial charge in [0.1, 0.15) is 0 Å². The first kappa shape index (κ1) is 9.72. The van der Waals surface area contributed by atoms with Crippen LogP contribution in [0.15, 0.2) is 24.3 Å². The average molecular weight is 200 g/mol. The molecule has 0 aromatic heterocycles. The Hall–Kier alpha value is -1.82. The minimum absolute atomic E-state index is 0.0889. The molecule has 3 heteroatoms. The molecule has 0 spiro atoms. The number of hydrogen-bond acceptors (Lipinski definition) is 2. The van der Waals surface area contributed by atoms with Gasteiger partial charge >= 0.3 is 0 Å². The smallest absolute Gasteiger partial charge is 0.221 e. The number of nitrogens with one attached hydrogen (secondary N) is 1. The number of carbonyl (C=O) groups excluding carboxylic acids is 1. The molecule has 1 aromatic carbocycles. The van der Waals surface area contributed by atoms with Crippen molar-refractivity contribution in [3.63, 3.8) is 0 Å². The third-order valence-corrected chi connectivity index (χ3v) is 2.70. The van der Waals surface area contributed by atoms with Gasteiger partial charge in [-0.1, -0.05) is 12.1 Å². The number of nitrogens with zero attached hydrogens (tertiary/aromatic N) is 1. The minimum atomic E-state index is -0.283. The van der Waals surface area contributed by atoms with Crippen molar-refractivity contribution < 1.29 is 4.79 Å². The molecular weight excluding hydrogens is 188 g/mol. The van der Waals surface area contributed by atoms with Gasteiger partial charge in [0.15, 0.2) is 0 Å². The second-order valence-electron chi connectivity index (χ2n) is 3.96. The molecule has 1 aliphatic carbocycles. The van der Waals surface area contributed by atoms with E-state index < -0.39 is 0 Å². The van der Waals surface area contributed by atoms with Crippen LogP contribution >= 0.6 is 0 Å². The van der Waals surface area contributed by atoms with Gasteiger partial charge in [-0.05, 0) is 30.5 Å². The van der Waals surface area contributed by atoms with E-state index in [-0.39, 0.29) is 11.3 Å². The summed E-state index contributed by atoms with van der Waals surface area (Å²) < 4.78 is 0. The van der Waals surface area contributed by atoms with Gasteiger partial charge in [0.25, 0.3) is 0 Å². The first-order valence-corrected chi connectivity index (χ1v) is 4.96. The van der Waals surface area contributed by atoms with E-state index in [2.05, 4.69) is 11.4 Å². The molecule has 1 fully saturated rings. The molecule has 1 saturated carbocycles. The topological polar surface area (TPSA) is 52.9 Å². The summed E-state index contributed by atoms with van der Waals surface area (Å²) in [5, 5.41) is 11.8. The predicted molar refractivity (Wildman–Crippen MR) is 57.3 cm³/mol. The lowest BCUT2D eigenvalue weighted by atomic mass is 9.97. The summed E-state index contributed by atoms with van der Waals surface area (Å²) in [4.78, 5) is 10.9. The van der Waals surface area contributed by atoms with Crippen molar-refractivity contribution in [2.24, 2.45) is 0 Å². The van der Waals surface area contributed by atoms with E-state index in [1.54, 1.807) is 0 Å². The summed E-state index contributed by atoms with van der Waals surface area (Å²) in [6.07, 6.45) is 1.85. The molecule has 0 bridgehead atoms. The van der Waals surface area contributed by atoms with Crippen LogP contribution in [0.3, 0.4) is 0 Å². The third-order valence-electron chi connectivity index (χ3n) is 2.70. The number of benzene rings is 1. The minimum Gasteiger partial charge on any atom is -0.326 e. The number of anilines is 1. The molecule has 0 atom stereocenters. The van der Waals surface area contributed by atoms with Crippen molar-refractivity contribution in [2.45, 2.75) is 25.2 Å². The monoisotopic (exact) mass is 200 g/mol. The largest absolute Gasteiger partial charge is 0.326 e. The van der Waals surface area contributed by atoms with Crippen molar-refractivity contribution in [3.8, 4) is 6.07 Å². The Morgan fingerprint density at radius 1 is 1.53 bits per heavy atom. The van der Waals surface area contributed by atoms with E-state index in [0.717, 1.165) is 24.1 Å². The van der Waals surface area contributed by atoms with E-state index in [0.29, 0.717) is 0 Å². The molecule has 76 valence electrons. The van der Waals surface area contributed by atoms with Gasteiger partial charge in [0.2, 0.25) is 5.91 Å². The molecular formula is C12H12N2O. The highest BCUT2D eigenvalue weighted by Crippen LogP contribution is 2.47. The van der Waals surface area contributed by atoms with Crippen LogP contribution in [0, 0.1) is 11.3 Å². The van der Waals surface area contributed by atoms with Gasteiger partial charge in [0, 0.05) is 12.6 Å². The highest BCUT2D eigenvalue weighted by molar-refractivity contribution is 5.88. The van der Waals surface area contributed by atoms with Crippen LogP contribution in [0.5, 0.6) is 0 Å². The van der Waals surface area contributed by atoms with Crippen LogP contribution in [0.4, 0.5) is 5.69 Å². The Kier molecular flexibility index (Phi) is 2.20. The Bertz CT molecular complexity index is 441. The molecule has 0 aliphatic heterocycles. The van der Waals surface area contributed by atoms with Crippen molar-refractivity contribution >= 4 is 11.6 Å². The maximum atomic E-state index is 10.9. The Morgan fingerprint density at radius 3 is 2.80 bits per heavy atom. The molecule has 0 unspecified atom stereocenters. The third kappa shape index (κ3) is 1.84. The summed E-state index contributed by atoms with van der Waals surface area (Å²) in [6.45, 7) is 1.48. The zero-order valence-corrected chi connectivity index (χ0v) is 8.58. The summed E-state index contributed by atoms with van der Waals surface area (Å²) in [5.74, 6) is -0.0889. The number of hydrogen-bond donors (Lipinski definition) is 1. The first-order chi connectivity index (χ1) is 7.16. The summed E-state index contributed by atoms with van der Waals surface area (Å²) in [7, 11) is 0. The molecule has 1 amide bonds. The lowest BCUT2D eigenvalue weighted by molar-refractivity contribution is -0.114. The second kappa shape index (κ2) is 3.39. The molecule has 0 heterocycles. The quantitative estimate of drug-likeness (QED) is 0.795. The number of amides is 1. The van der Waals surface area contributed by atoms with E-state index in [1.165, 1.54) is 6.92 Å². The molecule has 1 N–H and O–H groups in total. The van der Waals surface area contributed by atoms with Gasteiger partial charge in [-0.2, -0.15) is 5.26 Å². The molecule has 0 saturated heterocycles. The standard InChI is InChI=1S/C12H12N2O/c1-9(15)14-11-4-2-3-10(7-11)12(8-13)5-6-12/h2-4,7H,5-6H2,1H3,(H,14,15). The molecule has 15 heavy (non-hydrogen) atoms. The molecule has 1 aromatic rings. The maximum Gasteiger partial charge on any atom is 0.221 e. The van der Waals surface area contributed by atoms with E-state index in [9.17, 15) is 4.79 Å².